The summed E-state index contributed by atoms with van der Waals surface area (Å²) in [6.45, 7) is 6.64. The lowest BCUT2D eigenvalue weighted by Crippen LogP contribution is -2.41. The van der Waals surface area contributed by atoms with Crippen molar-refractivity contribution in [3.8, 4) is 0 Å². The molecule has 0 aromatic carbocycles. The Hall–Kier alpha value is -2.31. The number of aromatic nitrogens is 2. The summed E-state index contributed by atoms with van der Waals surface area (Å²) in [7, 11) is -3.55. The van der Waals surface area contributed by atoms with Crippen molar-refractivity contribution in [2.24, 2.45) is 5.92 Å². The van der Waals surface area contributed by atoms with Gasteiger partial charge in [0.1, 0.15) is 12.2 Å². The van der Waals surface area contributed by atoms with Crippen LogP contribution in [0.1, 0.15) is 45.4 Å². The Morgan fingerprint density at radius 3 is 2.41 bits per heavy atom. The number of aliphatic hydroxyl groups excluding tert-OH is 1. The summed E-state index contributed by atoms with van der Waals surface area (Å²) >= 11 is 0. The van der Waals surface area contributed by atoms with E-state index in [2.05, 4.69) is 4.98 Å². The largest absolute Gasteiger partial charge is 0.481 e. The first-order chi connectivity index (χ1) is 15.9. The number of aromatic amines is 1. The molecule has 14 heteroatoms. The van der Waals surface area contributed by atoms with Crippen LogP contribution in [0.15, 0.2) is 15.8 Å². The molecule has 0 spiro atoms. The highest BCUT2D eigenvalue weighted by atomic mass is 31.2. The van der Waals surface area contributed by atoms with Crippen LogP contribution in [0, 0.1) is 12.8 Å². The molecule has 1 aromatic heterocycles. The van der Waals surface area contributed by atoms with Gasteiger partial charge in [-0.3, -0.25) is 28.5 Å². The van der Waals surface area contributed by atoms with Gasteiger partial charge in [0.2, 0.25) is 0 Å². The molecule has 192 valence electrons. The average molecular weight is 506 g/mol. The predicted octanol–water partition coefficient (Wildman–Crippen LogP) is 0.782. The van der Waals surface area contributed by atoms with Gasteiger partial charge in [0.25, 0.3) is 5.56 Å². The fourth-order valence-corrected chi connectivity index (χ4v) is 5.67. The van der Waals surface area contributed by atoms with Crippen molar-refractivity contribution in [1.29, 1.82) is 0 Å². The number of aliphatic carboxylic acids is 1. The van der Waals surface area contributed by atoms with Crippen LogP contribution in [0.5, 0.6) is 0 Å². The van der Waals surface area contributed by atoms with Crippen molar-refractivity contribution in [3.63, 3.8) is 0 Å². The van der Waals surface area contributed by atoms with Crippen molar-refractivity contribution in [1.82, 2.24) is 9.55 Å². The number of carboxylic acids is 1. The molecular weight excluding hydrogens is 475 g/mol. The maximum absolute atomic E-state index is 13.0. The van der Waals surface area contributed by atoms with Gasteiger partial charge in [0.05, 0.1) is 32.2 Å². The summed E-state index contributed by atoms with van der Waals surface area (Å²) in [5.74, 6) is -2.75. The fraction of sp³-hybridized carbons (Fsp3) is 0.700. The smallest absolute Gasteiger partial charge is 0.331 e. The number of ether oxygens (including phenoxy) is 2. The van der Waals surface area contributed by atoms with E-state index < -0.39 is 74.1 Å². The summed E-state index contributed by atoms with van der Waals surface area (Å²) in [5.41, 5.74) is -1.28. The van der Waals surface area contributed by atoms with Gasteiger partial charge >= 0.3 is 25.2 Å². The first-order valence-electron chi connectivity index (χ1n) is 10.9. The number of aliphatic hydroxyl groups is 1. The minimum Gasteiger partial charge on any atom is -0.481 e. The topological polar surface area (TPSA) is 183 Å². The number of hydrogen-bond donors (Lipinski definition) is 3. The highest BCUT2D eigenvalue weighted by Crippen LogP contribution is 2.51. The lowest BCUT2D eigenvalue weighted by atomic mass is 9.99. The lowest BCUT2D eigenvalue weighted by Gasteiger charge is -2.27. The monoisotopic (exact) mass is 506 g/mol. The van der Waals surface area contributed by atoms with Gasteiger partial charge in [-0.05, 0) is 26.7 Å². The third kappa shape index (κ3) is 6.86. The number of carbonyl (C=O) groups is 2. The first kappa shape index (κ1) is 27.9. The number of rotatable bonds is 12. The fourth-order valence-electron chi connectivity index (χ4n) is 3.69. The average Bonchev–Trinajstić information content (AvgIpc) is 3.05. The molecule has 0 radical (unpaired) electrons. The highest BCUT2D eigenvalue weighted by molar-refractivity contribution is 7.53. The molecule has 13 nitrogen and oxygen atoms in total. The number of carbonyl (C=O) groups excluding carboxylic acids is 1. The van der Waals surface area contributed by atoms with Gasteiger partial charge in [0, 0.05) is 11.8 Å². The molecule has 2 heterocycles. The molecule has 34 heavy (non-hydrogen) atoms. The van der Waals surface area contributed by atoms with E-state index in [1.807, 2.05) is 0 Å². The number of nitrogens with one attached hydrogen (secondary N) is 1. The quantitative estimate of drug-likeness (QED) is 0.269. The molecule has 1 aliphatic heterocycles. The third-order valence-corrected chi connectivity index (χ3v) is 7.53. The minimum atomic E-state index is -3.55. The van der Waals surface area contributed by atoms with E-state index in [0.717, 1.165) is 4.57 Å². The van der Waals surface area contributed by atoms with E-state index in [0.29, 0.717) is 0 Å². The Labute approximate surface area is 195 Å². The van der Waals surface area contributed by atoms with E-state index in [4.69, 9.17) is 23.6 Å². The number of carboxylic acid groups (broad SMARTS) is 1. The summed E-state index contributed by atoms with van der Waals surface area (Å²) in [4.78, 5) is 49.2. The van der Waals surface area contributed by atoms with Crippen LogP contribution in [0.2, 0.25) is 0 Å². The Morgan fingerprint density at radius 2 is 1.85 bits per heavy atom. The van der Waals surface area contributed by atoms with Crippen molar-refractivity contribution >= 4 is 19.5 Å². The Bertz CT molecular complexity index is 1030. The molecule has 0 unspecified atom stereocenters. The van der Waals surface area contributed by atoms with Crippen LogP contribution in [0.25, 0.3) is 0 Å². The third-order valence-electron chi connectivity index (χ3n) is 5.20. The van der Waals surface area contributed by atoms with Gasteiger partial charge in [-0.15, -0.1) is 0 Å². The van der Waals surface area contributed by atoms with Gasteiger partial charge in [-0.1, -0.05) is 6.92 Å². The molecule has 0 bridgehead atoms. The zero-order chi connectivity index (χ0) is 25.6. The molecule has 0 saturated carbocycles. The van der Waals surface area contributed by atoms with Crippen molar-refractivity contribution in [3.05, 3.63) is 32.6 Å². The summed E-state index contributed by atoms with van der Waals surface area (Å²) in [6, 6.07) is 0. The SMILES string of the molecule is CCOP(=O)(C[C@@H](C)[C@H]1O[C@@H](n2cc(C)c(=O)[nH]c2=O)[C@H](O)[C@@H]1OC(=O)CCC(=O)O)OCC. The number of H-pyrrole nitrogens is 1. The van der Waals surface area contributed by atoms with Crippen molar-refractivity contribution in [2.45, 2.75) is 65.1 Å². The summed E-state index contributed by atoms with van der Waals surface area (Å²) < 4.78 is 35.9. The first-order valence-corrected chi connectivity index (χ1v) is 12.6. The molecule has 0 amide bonds. The van der Waals surface area contributed by atoms with Crippen LogP contribution in [0.3, 0.4) is 0 Å². The Kier molecular flexibility index (Phi) is 9.77. The highest BCUT2D eigenvalue weighted by Gasteiger charge is 2.50. The van der Waals surface area contributed by atoms with Gasteiger partial charge in [0.15, 0.2) is 12.3 Å². The molecule has 1 fully saturated rings. The van der Waals surface area contributed by atoms with Crippen LogP contribution >= 0.6 is 7.60 Å². The number of hydrogen-bond acceptors (Lipinski definition) is 10. The molecule has 5 atom stereocenters. The predicted molar refractivity (Wildman–Crippen MR) is 118 cm³/mol. The van der Waals surface area contributed by atoms with Crippen LogP contribution < -0.4 is 11.2 Å². The van der Waals surface area contributed by atoms with E-state index >= 15 is 0 Å². The van der Waals surface area contributed by atoms with Crippen molar-refractivity contribution < 1.29 is 42.9 Å². The standard InChI is InChI=1S/C20H31N2O11P/c1-5-30-34(29,31-6-2)10-12(4)16-17(32-14(25)8-7-13(23)24)15(26)19(33-16)22-9-11(3)18(27)21-20(22)28/h9,12,15-17,19,26H,5-8,10H2,1-4H3,(H,23,24)(H,21,27,28)/t12-,15-,16-,17+,19-/m1/s1. The molecular formula is C20H31N2O11P. The molecule has 0 aliphatic carbocycles. The number of esters is 1. The lowest BCUT2D eigenvalue weighted by molar-refractivity contribution is -0.158. The molecule has 1 saturated heterocycles. The van der Waals surface area contributed by atoms with Crippen molar-refractivity contribution in [2.75, 3.05) is 19.4 Å². The van der Waals surface area contributed by atoms with E-state index in [9.17, 15) is 28.8 Å². The van der Waals surface area contributed by atoms with Crippen LogP contribution in [-0.2, 0) is 32.7 Å². The van der Waals surface area contributed by atoms with E-state index in [-0.39, 0.29) is 24.9 Å². The molecule has 1 aliphatic rings. The Morgan fingerprint density at radius 1 is 1.24 bits per heavy atom. The minimum absolute atomic E-state index is 0.125. The second-order valence-electron chi connectivity index (χ2n) is 7.92. The number of nitrogens with zero attached hydrogens (tertiary/aromatic N) is 1. The maximum Gasteiger partial charge on any atom is 0.331 e. The Balaban J connectivity index is 2.37. The zero-order valence-corrected chi connectivity index (χ0v) is 20.4. The number of aryl methyl sites for hydroxylation is 1. The van der Waals surface area contributed by atoms with E-state index in [1.54, 1.807) is 20.8 Å². The normalized spacial score (nSPS) is 23.6. The second kappa shape index (κ2) is 11.9. The molecule has 2 rings (SSSR count). The van der Waals surface area contributed by atoms with Crippen LogP contribution in [-0.4, -0.2) is 69.4 Å². The van der Waals surface area contributed by atoms with E-state index in [1.165, 1.54) is 13.1 Å². The van der Waals surface area contributed by atoms with Gasteiger partial charge in [-0.2, -0.15) is 0 Å². The maximum atomic E-state index is 13.0. The summed E-state index contributed by atoms with van der Waals surface area (Å²) in [5, 5.41) is 19.7. The summed E-state index contributed by atoms with van der Waals surface area (Å²) in [6.07, 6.45) is -5.13. The second-order valence-corrected chi connectivity index (χ2v) is 10.0. The molecule has 1 aromatic rings. The van der Waals surface area contributed by atoms with Gasteiger partial charge in [-0.25, -0.2) is 4.79 Å². The van der Waals surface area contributed by atoms with Gasteiger partial charge < -0.3 is 28.7 Å². The van der Waals surface area contributed by atoms with Crippen LogP contribution in [0.4, 0.5) is 0 Å². The zero-order valence-electron chi connectivity index (χ0n) is 19.5. The molecule has 3 N–H and O–H groups in total.